The van der Waals surface area contributed by atoms with Crippen LogP contribution in [0.1, 0.15) is 43.7 Å². The Morgan fingerprint density at radius 2 is 2.16 bits per heavy atom. The molecule has 3 rings (SSSR count). The quantitative estimate of drug-likeness (QED) is 0.813. The van der Waals surface area contributed by atoms with E-state index in [0.29, 0.717) is 13.0 Å². The second-order valence-electron chi connectivity index (χ2n) is 7.10. The molecule has 1 aliphatic rings. The van der Waals surface area contributed by atoms with Crippen molar-refractivity contribution in [2.45, 2.75) is 45.6 Å². The minimum atomic E-state index is 0.109. The van der Waals surface area contributed by atoms with Gasteiger partial charge in [0.25, 0.3) is 0 Å². The molecule has 0 saturated carbocycles. The van der Waals surface area contributed by atoms with Crippen LogP contribution in [-0.2, 0) is 17.8 Å². The Kier molecular flexibility index (Phi) is 6.09. The van der Waals surface area contributed by atoms with E-state index in [1.165, 1.54) is 18.5 Å². The van der Waals surface area contributed by atoms with Crippen molar-refractivity contribution in [3.8, 4) is 0 Å². The first kappa shape index (κ1) is 17.5. The number of nitrogens with zero attached hydrogens (tertiary/aromatic N) is 2. The molecule has 1 aliphatic heterocycles. The van der Waals surface area contributed by atoms with Crippen LogP contribution >= 0.6 is 0 Å². The lowest BCUT2D eigenvalue weighted by Gasteiger charge is -2.32. The minimum absolute atomic E-state index is 0.109. The molecule has 5 nitrogen and oxygen atoms in total. The molecule has 1 aromatic heterocycles. The second-order valence-corrected chi connectivity index (χ2v) is 7.10. The number of carbonyl (C=O) groups excluding carboxylic acids is 1. The van der Waals surface area contributed by atoms with Gasteiger partial charge in [-0.3, -0.25) is 9.89 Å². The van der Waals surface area contributed by atoms with E-state index in [2.05, 4.69) is 51.6 Å². The highest BCUT2D eigenvalue weighted by Gasteiger charge is 2.16. The SMILES string of the molecule is C[C@H]1CCCN(c2ccc(CNC(=O)CCCc3cn[nH]c3)cc2)C1. The molecule has 0 unspecified atom stereocenters. The fourth-order valence-corrected chi connectivity index (χ4v) is 3.40. The molecule has 1 amide bonds. The summed E-state index contributed by atoms with van der Waals surface area (Å²) in [6, 6.07) is 8.61. The number of benzene rings is 1. The molecule has 0 aliphatic carbocycles. The molecule has 2 aromatic rings. The highest BCUT2D eigenvalue weighted by Crippen LogP contribution is 2.23. The number of hydrogen-bond donors (Lipinski definition) is 2. The lowest BCUT2D eigenvalue weighted by atomic mass is 9.99. The average Bonchev–Trinajstić information content (AvgIpc) is 3.14. The summed E-state index contributed by atoms with van der Waals surface area (Å²) in [4.78, 5) is 14.4. The summed E-state index contributed by atoms with van der Waals surface area (Å²) in [6.07, 6.45) is 8.57. The first-order valence-electron chi connectivity index (χ1n) is 9.29. The van der Waals surface area contributed by atoms with E-state index >= 15 is 0 Å². The third kappa shape index (κ3) is 5.34. The monoisotopic (exact) mass is 340 g/mol. The summed E-state index contributed by atoms with van der Waals surface area (Å²) in [6.45, 7) is 5.22. The van der Waals surface area contributed by atoms with Crippen molar-refractivity contribution in [2.24, 2.45) is 5.92 Å². The van der Waals surface area contributed by atoms with Crippen molar-refractivity contribution in [3.05, 3.63) is 47.8 Å². The Morgan fingerprint density at radius 3 is 2.88 bits per heavy atom. The van der Waals surface area contributed by atoms with Gasteiger partial charge in [-0.1, -0.05) is 19.1 Å². The zero-order chi connectivity index (χ0) is 17.5. The highest BCUT2D eigenvalue weighted by atomic mass is 16.1. The van der Waals surface area contributed by atoms with E-state index in [1.54, 1.807) is 0 Å². The number of aromatic nitrogens is 2. The minimum Gasteiger partial charge on any atom is -0.371 e. The van der Waals surface area contributed by atoms with E-state index in [4.69, 9.17) is 0 Å². The largest absolute Gasteiger partial charge is 0.371 e. The molecular formula is C20H28N4O. The van der Waals surface area contributed by atoms with Gasteiger partial charge in [0.2, 0.25) is 5.91 Å². The molecule has 1 saturated heterocycles. The normalized spacial score (nSPS) is 17.5. The van der Waals surface area contributed by atoms with E-state index in [1.807, 2.05) is 12.4 Å². The Bertz CT molecular complexity index is 651. The van der Waals surface area contributed by atoms with Crippen LogP contribution in [0.15, 0.2) is 36.7 Å². The first-order chi connectivity index (χ1) is 12.2. The number of H-pyrrole nitrogens is 1. The van der Waals surface area contributed by atoms with Crippen LogP contribution in [0.5, 0.6) is 0 Å². The molecule has 1 aromatic carbocycles. The van der Waals surface area contributed by atoms with Crippen LogP contribution in [0.3, 0.4) is 0 Å². The standard InChI is InChI=1S/C20H28N4O/c1-16-4-3-11-24(15-16)19-9-7-17(8-10-19)12-21-20(25)6-2-5-18-13-22-23-14-18/h7-10,13-14,16H,2-6,11-12,15H2,1H3,(H,21,25)(H,22,23)/t16-/m0/s1. The summed E-state index contributed by atoms with van der Waals surface area (Å²) in [5.74, 6) is 0.882. The van der Waals surface area contributed by atoms with Crippen LogP contribution in [0.25, 0.3) is 0 Å². The molecule has 134 valence electrons. The van der Waals surface area contributed by atoms with Gasteiger partial charge in [0, 0.05) is 37.9 Å². The third-order valence-electron chi connectivity index (χ3n) is 4.87. The highest BCUT2D eigenvalue weighted by molar-refractivity contribution is 5.75. The van der Waals surface area contributed by atoms with Crippen LogP contribution < -0.4 is 10.2 Å². The smallest absolute Gasteiger partial charge is 0.220 e. The van der Waals surface area contributed by atoms with Crippen molar-refractivity contribution >= 4 is 11.6 Å². The fourth-order valence-electron chi connectivity index (χ4n) is 3.40. The van der Waals surface area contributed by atoms with Crippen LogP contribution in [-0.4, -0.2) is 29.2 Å². The third-order valence-corrected chi connectivity index (χ3v) is 4.87. The number of amides is 1. The zero-order valence-electron chi connectivity index (χ0n) is 15.0. The van der Waals surface area contributed by atoms with Crippen LogP contribution in [0, 0.1) is 5.92 Å². The van der Waals surface area contributed by atoms with Crippen molar-refractivity contribution in [3.63, 3.8) is 0 Å². The van der Waals surface area contributed by atoms with Crippen LogP contribution in [0.4, 0.5) is 5.69 Å². The number of rotatable bonds is 7. The average molecular weight is 340 g/mol. The van der Waals surface area contributed by atoms with Crippen molar-refractivity contribution in [1.29, 1.82) is 0 Å². The fraction of sp³-hybridized carbons (Fsp3) is 0.500. The van der Waals surface area contributed by atoms with Crippen molar-refractivity contribution in [2.75, 3.05) is 18.0 Å². The molecule has 2 N–H and O–H groups in total. The van der Waals surface area contributed by atoms with E-state index in [9.17, 15) is 4.79 Å². The van der Waals surface area contributed by atoms with Gasteiger partial charge in [-0.2, -0.15) is 5.10 Å². The molecule has 5 heteroatoms. The van der Waals surface area contributed by atoms with Gasteiger partial charge in [-0.25, -0.2) is 0 Å². The lowest BCUT2D eigenvalue weighted by molar-refractivity contribution is -0.121. The van der Waals surface area contributed by atoms with Crippen LogP contribution in [0.2, 0.25) is 0 Å². The summed E-state index contributed by atoms with van der Waals surface area (Å²) in [7, 11) is 0. The molecule has 1 atom stereocenters. The number of piperidine rings is 1. The Morgan fingerprint density at radius 1 is 1.32 bits per heavy atom. The van der Waals surface area contributed by atoms with Gasteiger partial charge in [-0.05, 0) is 54.9 Å². The maximum absolute atomic E-state index is 12.0. The van der Waals surface area contributed by atoms with Gasteiger partial charge in [0.15, 0.2) is 0 Å². The Balaban J connectivity index is 1.39. The maximum Gasteiger partial charge on any atom is 0.220 e. The molecular weight excluding hydrogens is 312 g/mol. The predicted octanol–water partition coefficient (Wildman–Crippen LogP) is 3.29. The summed E-state index contributed by atoms with van der Waals surface area (Å²) in [5, 5.41) is 9.71. The maximum atomic E-state index is 12.0. The van der Waals surface area contributed by atoms with Gasteiger partial charge >= 0.3 is 0 Å². The number of aryl methyl sites for hydroxylation is 1. The topological polar surface area (TPSA) is 61.0 Å². The van der Waals surface area contributed by atoms with Crippen molar-refractivity contribution < 1.29 is 4.79 Å². The number of aromatic amines is 1. The molecule has 0 radical (unpaired) electrons. The summed E-state index contributed by atoms with van der Waals surface area (Å²) >= 11 is 0. The second kappa shape index (κ2) is 8.70. The molecule has 0 bridgehead atoms. The number of anilines is 1. The summed E-state index contributed by atoms with van der Waals surface area (Å²) in [5.41, 5.74) is 3.59. The van der Waals surface area contributed by atoms with E-state index in [0.717, 1.165) is 43.0 Å². The molecule has 2 heterocycles. The molecule has 0 spiro atoms. The number of carbonyl (C=O) groups is 1. The van der Waals surface area contributed by atoms with Crippen molar-refractivity contribution in [1.82, 2.24) is 15.5 Å². The van der Waals surface area contributed by atoms with E-state index in [-0.39, 0.29) is 5.91 Å². The predicted molar refractivity (Wildman–Crippen MR) is 100 cm³/mol. The lowest BCUT2D eigenvalue weighted by Crippen LogP contribution is -2.34. The van der Waals surface area contributed by atoms with Gasteiger partial charge in [0.1, 0.15) is 0 Å². The Hall–Kier alpha value is -2.30. The number of hydrogen-bond acceptors (Lipinski definition) is 3. The summed E-state index contributed by atoms with van der Waals surface area (Å²) < 4.78 is 0. The van der Waals surface area contributed by atoms with Gasteiger partial charge < -0.3 is 10.2 Å². The Labute approximate surface area is 149 Å². The van der Waals surface area contributed by atoms with Gasteiger partial charge in [0.05, 0.1) is 6.20 Å². The first-order valence-corrected chi connectivity index (χ1v) is 9.29. The molecule has 25 heavy (non-hydrogen) atoms. The molecule has 1 fully saturated rings. The zero-order valence-corrected chi connectivity index (χ0v) is 15.0. The van der Waals surface area contributed by atoms with Gasteiger partial charge in [-0.15, -0.1) is 0 Å². The number of nitrogens with one attached hydrogen (secondary N) is 2. The van der Waals surface area contributed by atoms with E-state index < -0.39 is 0 Å².